The van der Waals surface area contributed by atoms with Crippen molar-refractivity contribution in [3.05, 3.63) is 64.0 Å². The Kier molecular flexibility index (Phi) is 6.06. The Morgan fingerprint density at radius 2 is 1.79 bits per heavy atom. The number of piperazine rings is 1. The number of anilines is 1. The summed E-state index contributed by atoms with van der Waals surface area (Å²) in [5, 5.41) is 14.5. The Morgan fingerprint density at radius 3 is 2.38 bits per heavy atom. The summed E-state index contributed by atoms with van der Waals surface area (Å²) in [7, 11) is 0. The fourth-order valence-electron chi connectivity index (χ4n) is 3.36. The minimum atomic E-state index is -0.476. The molecule has 152 valence electrons. The predicted octanol–water partition coefficient (Wildman–Crippen LogP) is 2.15. The lowest BCUT2D eigenvalue weighted by atomic mass is 10.1. The molecule has 1 unspecified atom stereocenters. The summed E-state index contributed by atoms with van der Waals surface area (Å²) in [5.41, 5.74) is 1.45. The van der Waals surface area contributed by atoms with Gasteiger partial charge in [-0.15, -0.1) is 0 Å². The highest BCUT2D eigenvalue weighted by Gasteiger charge is 2.26. The molecule has 2 heterocycles. The van der Waals surface area contributed by atoms with Gasteiger partial charge in [0.15, 0.2) is 0 Å². The number of carbonyl (C=O) groups is 2. The van der Waals surface area contributed by atoms with Crippen molar-refractivity contribution < 1.29 is 14.5 Å². The molecule has 1 aromatic carbocycles. The number of aromatic nitrogens is 1. The van der Waals surface area contributed by atoms with Gasteiger partial charge in [-0.3, -0.25) is 24.7 Å². The van der Waals surface area contributed by atoms with Crippen molar-refractivity contribution in [1.82, 2.24) is 15.2 Å². The fourth-order valence-corrected chi connectivity index (χ4v) is 3.36. The molecule has 1 N–H and O–H groups in total. The van der Waals surface area contributed by atoms with Crippen molar-refractivity contribution in [3.63, 3.8) is 0 Å². The molecule has 9 heteroatoms. The van der Waals surface area contributed by atoms with E-state index in [0.29, 0.717) is 31.9 Å². The standard InChI is InChI=1S/C20H23N5O4/c1-14(16-5-7-21-8-6-16)22-20(27)17-3-4-18(19(13-17)25(28)29)24-11-9-23(10-12-24)15(2)26/h3-8,13-14H,9-12H2,1-2H3,(H,22,27). The first-order valence-electron chi connectivity index (χ1n) is 9.36. The van der Waals surface area contributed by atoms with Crippen LogP contribution in [0.25, 0.3) is 0 Å². The summed E-state index contributed by atoms with van der Waals surface area (Å²) in [6, 6.07) is 7.85. The molecular weight excluding hydrogens is 374 g/mol. The molecule has 1 aliphatic rings. The summed E-state index contributed by atoms with van der Waals surface area (Å²) in [6.45, 7) is 5.38. The van der Waals surface area contributed by atoms with Gasteiger partial charge in [0.2, 0.25) is 5.91 Å². The Labute approximate surface area is 168 Å². The van der Waals surface area contributed by atoms with Crippen LogP contribution in [-0.4, -0.2) is 52.8 Å². The van der Waals surface area contributed by atoms with E-state index in [2.05, 4.69) is 10.3 Å². The van der Waals surface area contributed by atoms with Crippen molar-refractivity contribution >= 4 is 23.2 Å². The first kappa shape index (κ1) is 20.2. The van der Waals surface area contributed by atoms with E-state index in [1.54, 1.807) is 41.6 Å². The van der Waals surface area contributed by atoms with Crippen LogP contribution in [0.3, 0.4) is 0 Å². The number of nitro benzene ring substituents is 1. The monoisotopic (exact) mass is 397 g/mol. The maximum atomic E-state index is 12.6. The number of nitrogens with one attached hydrogen (secondary N) is 1. The smallest absolute Gasteiger partial charge is 0.293 e. The van der Waals surface area contributed by atoms with Crippen molar-refractivity contribution in [2.75, 3.05) is 31.1 Å². The third-order valence-corrected chi connectivity index (χ3v) is 5.05. The Hall–Kier alpha value is -3.49. The predicted molar refractivity (Wildman–Crippen MR) is 108 cm³/mol. The van der Waals surface area contributed by atoms with E-state index in [-0.39, 0.29) is 29.1 Å². The molecule has 1 fully saturated rings. The molecule has 0 radical (unpaired) electrons. The molecule has 1 aliphatic heterocycles. The zero-order valence-corrected chi connectivity index (χ0v) is 16.4. The van der Waals surface area contributed by atoms with Gasteiger partial charge in [-0.2, -0.15) is 0 Å². The SMILES string of the molecule is CC(=O)N1CCN(c2ccc(C(=O)NC(C)c3ccncc3)cc2[N+](=O)[O-])CC1. The lowest BCUT2D eigenvalue weighted by Gasteiger charge is -2.35. The van der Waals surface area contributed by atoms with Crippen molar-refractivity contribution in [1.29, 1.82) is 0 Å². The van der Waals surface area contributed by atoms with Crippen LogP contribution in [0.1, 0.15) is 35.8 Å². The highest BCUT2D eigenvalue weighted by atomic mass is 16.6. The summed E-state index contributed by atoms with van der Waals surface area (Å²) >= 11 is 0. The van der Waals surface area contributed by atoms with E-state index in [1.165, 1.54) is 13.0 Å². The molecule has 1 saturated heterocycles. The topological polar surface area (TPSA) is 109 Å². The largest absolute Gasteiger partial charge is 0.362 e. The number of rotatable bonds is 5. The molecule has 1 aromatic heterocycles. The molecule has 1 atom stereocenters. The Balaban J connectivity index is 1.76. The average molecular weight is 397 g/mol. The van der Waals surface area contributed by atoms with E-state index in [1.807, 2.05) is 11.8 Å². The van der Waals surface area contributed by atoms with Crippen LogP contribution >= 0.6 is 0 Å². The van der Waals surface area contributed by atoms with Gasteiger partial charge in [0, 0.05) is 57.1 Å². The van der Waals surface area contributed by atoms with Gasteiger partial charge in [0.05, 0.1) is 11.0 Å². The maximum absolute atomic E-state index is 12.6. The van der Waals surface area contributed by atoms with Crippen LogP contribution in [0.4, 0.5) is 11.4 Å². The third-order valence-electron chi connectivity index (χ3n) is 5.05. The van der Waals surface area contributed by atoms with Crippen LogP contribution < -0.4 is 10.2 Å². The summed E-state index contributed by atoms with van der Waals surface area (Å²) in [6.07, 6.45) is 3.28. The molecule has 2 amide bonds. The van der Waals surface area contributed by atoms with Crippen LogP contribution in [-0.2, 0) is 4.79 Å². The second-order valence-corrected chi connectivity index (χ2v) is 6.93. The minimum absolute atomic E-state index is 0.00511. The molecule has 29 heavy (non-hydrogen) atoms. The highest BCUT2D eigenvalue weighted by molar-refractivity contribution is 5.96. The average Bonchev–Trinajstić information content (AvgIpc) is 2.73. The molecule has 0 saturated carbocycles. The second-order valence-electron chi connectivity index (χ2n) is 6.93. The van der Waals surface area contributed by atoms with Gasteiger partial charge in [-0.05, 0) is 36.8 Å². The number of benzene rings is 1. The van der Waals surface area contributed by atoms with Gasteiger partial charge < -0.3 is 15.1 Å². The van der Waals surface area contributed by atoms with Gasteiger partial charge >= 0.3 is 0 Å². The molecule has 0 aliphatic carbocycles. The second kappa shape index (κ2) is 8.68. The minimum Gasteiger partial charge on any atom is -0.362 e. The number of pyridine rings is 1. The van der Waals surface area contributed by atoms with Crippen LogP contribution in [0, 0.1) is 10.1 Å². The number of nitrogens with zero attached hydrogens (tertiary/aromatic N) is 4. The van der Waals surface area contributed by atoms with E-state index in [9.17, 15) is 19.7 Å². The Bertz CT molecular complexity index is 910. The summed E-state index contributed by atoms with van der Waals surface area (Å²) in [5.74, 6) is -0.389. The van der Waals surface area contributed by atoms with Gasteiger partial charge in [-0.1, -0.05) is 0 Å². The zero-order valence-electron chi connectivity index (χ0n) is 16.4. The number of carbonyl (C=O) groups excluding carboxylic acids is 2. The zero-order chi connectivity index (χ0) is 21.0. The lowest BCUT2D eigenvalue weighted by Crippen LogP contribution is -2.48. The first-order valence-corrected chi connectivity index (χ1v) is 9.36. The normalized spacial score (nSPS) is 15.0. The van der Waals surface area contributed by atoms with Crippen molar-refractivity contribution in [2.24, 2.45) is 0 Å². The van der Waals surface area contributed by atoms with Crippen LogP contribution in [0.5, 0.6) is 0 Å². The number of hydrogen-bond acceptors (Lipinski definition) is 6. The fraction of sp³-hybridized carbons (Fsp3) is 0.350. The number of hydrogen-bond donors (Lipinski definition) is 1. The van der Waals surface area contributed by atoms with Gasteiger partial charge in [-0.25, -0.2) is 0 Å². The van der Waals surface area contributed by atoms with Crippen LogP contribution in [0.2, 0.25) is 0 Å². The maximum Gasteiger partial charge on any atom is 0.293 e. The summed E-state index contributed by atoms with van der Waals surface area (Å²) < 4.78 is 0. The van der Waals surface area contributed by atoms with E-state index in [4.69, 9.17) is 0 Å². The molecule has 9 nitrogen and oxygen atoms in total. The van der Waals surface area contributed by atoms with E-state index < -0.39 is 4.92 Å². The van der Waals surface area contributed by atoms with E-state index >= 15 is 0 Å². The summed E-state index contributed by atoms with van der Waals surface area (Å²) in [4.78, 5) is 42.8. The molecule has 0 bridgehead atoms. The molecule has 2 aromatic rings. The highest BCUT2D eigenvalue weighted by Crippen LogP contribution is 2.30. The Morgan fingerprint density at radius 1 is 1.14 bits per heavy atom. The van der Waals surface area contributed by atoms with Gasteiger partial charge in [0.1, 0.15) is 5.69 Å². The van der Waals surface area contributed by atoms with Crippen LogP contribution in [0.15, 0.2) is 42.7 Å². The van der Waals surface area contributed by atoms with Gasteiger partial charge in [0.25, 0.3) is 11.6 Å². The molecular formula is C20H23N5O4. The van der Waals surface area contributed by atoms with E-state index in [0.717, 1.165) is 5.56 Å². The number of amides is 2. The first-order chi connectivity index (χ1) is 13.9. The lowest BCUT2D eigenvalue weighted by molar-refractivity contribution is -0.384. The third kappa shape index (κ3) is 4.68. The number of nitro groups is 1. The molecule has 0 spiro atoms. The van der Waals surface area contributed by atoms with Crippen molar-refractivity contribution in [2.45, 2.75) is 19.9 Å². The quantitative estimate of drug-likeness (QED) is 0.612. The van der Waals surface area contributed by atoms with Crippen molar-refractivity contribution in [3.8, 4) is 0 Å². The molecule has 3 rings (SSSR count).